The van der Waals surface area contributed by atoms with Crippen LogP contribution >= 0.6 is 34.8 Å². The molecule has 4 aromatic rings. The summed E-state index contributed by atoms with van der Waals surface area (Å²) in [5.41, 5.74) is -0.170. The molecule has 0 saturated heterocycles. The predicted octanol–water partition coefficient (Wildman–Crippen LogP) is 7.13. The molecular weight excluding hydrogens is 536 g/mol. The molecule has 186 valence electrons. The van der Waals surface area contributed by atoms with Crippen LogP contribution < -0.4 is 0 Å². The number of alkyl halides is 3. The minimum Gasteiger partial charge on any atom is -0.334 e. The SMILES string of the molecule is O=C(c1cnn(-c2ccc(Cl)cc2)c1C(F)(F)F)N(CCc1cccnc1)Cc1ccc(Cl)c(Cl)c1. The summed E-state index contributed by atoms with van der Waals surface area (Å²) >= 11 is 18.0. The van der Waals surface area contributed by atoms with Gasteiger partial charge in [0.1, 0.15) is 0 Å². The quantitative estimate of drug-likeness (QED) is 0.245. The molecule has 0 unspecified atom stereocenters. The van der Waals surface area contributed by atoms with E-state index in [9.17, 15) is 18.0 Å². The highest BCUT2D eigenvalue weighted by atomic mass is 35.5. The van der Waals surface area contributed by atoms with Gasteiger partial charge in [0.15, 0.2) is 5.69 Å². The second kappa shape index (κ2) is 10.9. The lowest BCUT2D eigenvalue weighted by molar-refractivity contribution is -0.143. The van der Waals surface area contributed by atoms with Crippen molar-refractivity contribution in [2.45, 2.75) is 19.1 Å². The van der Waals surface area contributed by atoms with Crippen molar-refractivity contribution in [3.8, 4) is 5.69 Å². The lowest BCUT2D eigenvalue weighted by Gasteiger charge is -2.24. The van der Waals surface area contributed by atoms with Gasteiger partial charge in [0.25, 0.3) is 5.91 Å². The molecule has 36 heavy (non-hydrogen) atoms. The lowest BCUT2D eigenvalue weighted by Crippen LogP contribution is -2.34. The summed E-state index contributed by atoms with van der Waals surface area (Å²) in [5.74, 6) is -0.822. The normalized spacial score (nSPS) is 11.5. The minimum absolute atomic E-state index is 0.0133. The van der Waals surface area contributed by atoms with E-state index >= 15 is 0 Å². The van der Waals surface area contributed by atoms with Gasteiger partial charge in [-0.05, 0) is 60.0 Å². The second-order valence-corrected chi connectivity index (χ2v) is 9.13. The molecule has 0 saturated carbocycles. The molecule has 1 amide bonds. The van der Waals surface area contributed by atoms with Gasteiger partial charge in [0.2, 0.25) is 0 Å². The van der Waals surface area contributed by atoms with Crippen LogP contribution in [0.15, 0.2) is 73.2 Å². The molecule has 0 aliphatic heterocycles. The van der Waals surface area contributed by atoms with Crippen LogP contribution in [0.2, 0.25) is 15.1 Å². The van der Waals surface area contributed by atoms with Crippen molar-refractivity contribution in [3.05, 3.63) is 111 Å². The number of carbonyl (C=O) groups is 1. The fourth-order valence-electron chi connectivity index (χ4n) is 3.65. The number of nitrogens with zero attached hydrogens (tertiary/aromatic N) is 4. The van der Waals surface area contributed by atoms with E-state index in [1.807, 2.05) is 6.07 Å². The first-order chi connectivity index (χ1) is 17.1. The Bertz CT molecular complexity index is 1360. The third kappa shape index (κ3) is 6.00. The van der Waals surface area contributed by atoms with Crippen molar-refractivity contribution in [2.75, 3.05) is 6.54 Å². The maximum absolute atomic E-state index is 14.2. The summed E-state index contributed by atoms with van der Waals surface area (Å²) < 4.78 is 43.3. The molecule has 2 aromatic carbocycles. The number of pyridine rings is 1. The number of carbonyl (C=O) groups excluding carboxylic acids is 1. The van der Waals surface area contributed by atoms with Gasteiger partial charge in [0.05, 0.1) is 27.5 Å². The van der Waals surface area contributed by atoms with Crippen molar-refractivity contribution < 1.29 is 18.0 Å². The molecule has 5 nitrogen and oxygen atoms in total. The molecule has 0 atom stereocenters. The largest absolute Gasteiger partial charge is 0.434 e. The van der Waals surface area contributed by atoms with Crippen LogP contribution in [0, 0.1) is 0 Å². The number of aromatic nitrogens is 3. The first kappa shape index (κ1) is 26.0. The predicted molar refractivity (Wildman–Crippen MR) is 133 cm³/mol. The third-order valence-corrected chi connectivity index (χ3v) is 6.37. The van der Waals surface area contributed by atoms with Gasteiger partial charge in [-0.25, -0.2) is 4.68 Å². The first-order valence-corrected chi connectivity index (χ1v) is 11.8. The molecule has 0 aliphatic carbocycles. The van der Waals surface area contributed by atoms with Crippen LogP contribution in [0.5, 0.6) is 0 Å². The van der Waals surface area contributed by atoms with Gasteiger partial charge in [0, 0.05) is 30.5 Å². The minimum atomic E-state index is -4.85. The van der Waals surface area contributed by atoms with Gasteiger partial charge < -0.3 is 4.90 Å². The zero-order valence-corrected chi connectivity index (χ0v) is 20.8. The summed E-state index contributed by atoms with van der Waals surface area (Å²) in [6, 6.07) is 14.1. The van der Waals surface area contributed by atoms with Gasteiger partial charge in [-0.3, -0.25) is 9.78 Å². The molecule has 0 bridgehead atoms. The van der Waals surface area contributed by atoms with Crippen molar-refractivity contribution in [3.63, 3.8) is 0 Å². The van der Waals surface area contributed by atoms with Crippen LogP contribution in [0.4, 0.5) is 13.2 Å². The van der Waals surface area contributed by atoms with E-state index in [0.717, 1.165) is 11.8 Å². The molecule has 0 fully saturated rings. The Morgan fingerprint density at radius 2 is 1.69 bits per heavy atom. The maximum atomic E-state index is 14.2. The smallest absolute Gasteiger partial charge is 0.334 e. The number of hydrogen-bond donors (Lipinski definition) is 0. The van der Waals surface area contributed by atoms with Crippen molar-refractivity contribution >= 4 is 40.7 Å². The molecule has 11 heteroatoms. The fraction of sp³-hybridized carbons (Fsp3) is 0.160. The topological polar surface area (TPSA) is 51.0 Å². The summed E-state index contributed by atoms with van der Waals surface area (Å²) in [7, 11) is 0. The Morgan fingerprint density at radius 3 is 2.33 bits per heavy atom. The maximum Gasteiger partial charge on any atom is 0.434 e. The molecule has 2 aromatic heterocycles. The first-order valence-electron chi connectivity index (χ1n) is 10.7. The monoisotopic (exact) mass is 552 g/mol. The van der Waals surface area contributed by atoms with Crippen LogP contribution in [-0.4, -0.2) is 32.1 Å². The van der Waals surface area contributed by atoms with E-state index in [4.69, 9.17) is 34.8 Å². The summed E-state index contributed by atoms with van der Waals surface area (Å²) in [5, 5.41) is 4.86. The van der Waals surface area contributed by atoms with E-state index in [2.05, 4.69) is 10.1 Å². The Hall–Kier alpha value is -3.07. The molecule has 0 radical (unpaired) electrons. The second-order valence-electron chi connectivity index (χ2n) is 7.88. The highest BCUT2D eigenvalue weighted by Crippen LogP contribution is 2.35. The number of halogens is 6. The van der Waals surface area contributed by atoms with Gasteiger partial charge >= 0.3 is 6.18 Å². The summed E-state index contributed by atoms with van der Waals surface area (Å²) in [6.45, 7) is 0.146. The highest BCUT2D eigenvalue weighted by Gasteiger charge is 2.41. The molecule has 0 spiro atoms. The van der Waals surface area contributed by atoms with Crippen molar-refractivity contribution in [1.29, 1.82) is 0 Å². The Labute approximate surface area is 220 Å². The standard InChI is InChI=1S/C25H18Cl3F3N4O/c26-18-4-6-19(7-5-18)35-23(25(29,30)31)20(14-33-35)24(36)34(11-9-16-2-1-10-32-13-16)15-17-3-8-21(27)22(28)12-17/h1-8,10,12-14H,9,11,15H2. The van der Waals surface area contributed by atoms with E-state index in [-0.39, 0.29) is 23.8 Å². The van der Waals surface area contributed by atoms with Crippen LogP contribution in [-0.2, 0) is 19.1 Å². The molecule has 2 heterocycles. The summed E-state index contributed by atoms with van der Waals surface area (Å²) in [4.78, 5) is 18.9. The molecular formula is C25H18Cl3F3N4O. The van der Waals surface area contributed by atoms with E-state index in [1.165, 1.54) is 29.2 Å². The Morgan fingerprint density at radius 1 is 0.944 bits per heavy atom. The number of amides is 1. The van der Waals surface area contributed by atoms with Crippen molar-refractivity contribution in [2.24, 2.45) is 0 Å². The summed E-state index contributed by atoms with van der Waals surface area (Å²) in [6.07, 6.45) is -0.274. The third-order valence-electron chi connectivity index (χ3n) is 5.38. The van der Waals surface area contributed by atoms with Gasteiger partial charge in [-0.2, -0.15) is 18.3 Å². The van der Waals surface area contributed by atoms with Gasteiger partial charge in [-0.1, -0.05) is 46.9 Å². The fourth-order valence-corrected chi connectivity index (χ4v) is 4.09. The van der Waals surface area contributed by atoms with Gasteiger partial charge in [-0.15, -0.1) is 0 Å². The average Bonchev–Trinajstić information content (AvgIpc) is 3.30. The van der Waals surface area contributed by atoms with E-state index in [0.29, 0.717) is 26.7 Å². The van der Waals surface area contributed by atoms with Crippen LogP contribution in [0.25, 0.3) is 5.69 Å². The van der Waals surface area contributed by atoms with Crippen LogP contribution in [0.1, 0.15) is 27.2 Å². The van der Waals surface area contributed by atoms with Crippen molar-refractivity contribution in [1.82, 2.24) is 19.7 Å². The number of benzene rings is 2. The molecule has 4 rings (SSSR count). The Kier molecular flexibility index (Phi) is 7.88. The molecule has 0 aliphatic rings. The molecule has 0 N–H and O–H groups in total. The average molecular weight is 554 g/mol. The van der Waals surface area contributed by atoms with Crippen LogP contribution in [0.3, 0.4) is 0 Å². The number of rotatable bonds is 7. The Balaban J connectivity index is 1.72. The zero-order chi connectivity index (χ0) is 25.9. The number of hydrogen-bond acceptors (Lipinski definition) is 3. The zero-order valence-electron chi connectivity index (χ0n) is 18.5. The lowest BCUT2D eigenvalue weighted by atomic mass is 10.1. The highest BCUT2D eigenvalue weighted by molar-refractivity contribution is 6.42. The van der Waals surface area contributed by atoms with E-state index < -0.39 is 23.3 Å². The van der Waals surface area contributed by atoms with E-state index in [1.54, 1.807) is 36.7 Å².